The van der Waals surface area contributed by atoms with Crippen LogP contribution in [-0.4, -0.2) is 34.0 Å². The zero-order valence-electron chi connectivity index (χ0n) is 11.1. The van der Waals surface area contributed by atoms with Gasteiger partial charge in [0.25, 0.3) is 0 Å². The Bertz CT molecular complexity index is 472. The maximum atomic E-state index is 11.5. The number of carboxylic acid groups (broad SMARTS) is 1. The van der Waals surface area contributed by atoms with Crippen LogP contribution in [0.5, 0.6) is 0 Å². The van der Waals surface area contributed by atoms with Crippen LogP contribution in [0.2, 0.25) is 0 Å². The predicted molar refractivity (Wildman–Crippen MR) is 75.4 cm³/mol. The maximum Gasteiger partial charge on any atom is 0.345 e. The molecule has 1 aromatic carbocycles. The van der Waals surface area contributed by atoms with Gasteiger partial charge in [-0.2, -0.15) is 0 Å². The van der Waals surface area contributed by atoms with Gasteiger partial charge in [-0.15, -0.1) is 0 Å². The first kappa shape index (κ1) is 16.2. The third-order valence-corrected chi connectivity index (χ3v) is 3.24. The number of ether oxygens (including phenoxy) is 1. The Labute approximate surface area is 121 Å². The molecule has 0 aliphatic heterocycles. The van der Waals surface area contributed by atoms with E-state index in [1.807, 2.05) is 6.07 Å². The van der Waals surface area contributed by atoms with E-state index in [0.717, 1.165) is 17.3 Å². The zero-order valence-corrected chi connectivity index (χ0v) is 11.9. The second kappa shape index (κ2) is 8.37. The first-order valence-corrected chi connectivity index (χ1v) is 7.07. The summed E-state index contributed by atoms with van der Waals surface area (Å²) in [5.74, 6) is -1.49. The van der Waals surface area contributed by atoms with Crippen LogP contribution in [0.15, 0.2) is 30.3 Å². The van der Waals surface area contributed by atoms with Crippen molar-refractivity contribution in [1.82, 2.24) is 0 Å². The highest BCUT2D eigenvalue weighted by atomic mass is 32.2. The van der Waals surface area contributed by atoms with Crippen LogP contribution in [-0.2, 0) is 25.5 Å². The van der Waals surface area contributed by atoms with E-state index in [4.69, 9.17) is 9.84 Å². The average Bonchev–Trinajstić information content (AvgIpc) is 2.38. The van der Waals surface area contributed by atoms with E-state index < -0.39 is 18.0 Å². The summed E-state index contributed by atoms with van der Waals surface area (Å²) in [4.78, 5) is 33.3. The molecule has 0 bridgehead atoms. The van der Waals surface area contributed by atoms with E-state index in [1.54, 1.807) is 24.3 Å². The van der Waals surface area contributed by atoms with Crippen LogP contribution < -0.4 is 0 Å². The van der Waals surface area contributed by atoms with Crippen molar-refractivity contribution in [2.45, 2.75) is 25.9 Å². The van der Waals surface area contributed by atoms with Gasteiger partial charge in [0, 0.05) is 19.1 Å². The van der Waals surface area contributed by atoms with Crippen molar-refractivity contribution in [1.29, 1.82) is 0 Å². The number of aliphatic carboxylic acids is 1. The normalized spacial score (nSPS) is 11.7. The number of hydrogen-bond acceptors (Lipinski definition) is 5. The first-order chi connectivity index (χ1) is 9.49. The lowest BCUT2D eigenvalue weighted by Gasteiger charge is -2.13. The molecular formula is C14H16O5S. The molecule has 6 heteroatoms. The van der Waals surface area contributed by atoms with Crippen LogP contribution >= 0.6 is 11.8 Å². The summed E-state index contributed by atoms with van der Waals surface area (Å²) in [6.45, 7) is 1.41. The highest BCUT2D eigenvalue weighted by Gasteiger charge is 2.22. The summed E-state index contributed by atoms with van der Waals surface area (Å²) < 4.78 is 4.93. The molecule has 0 aliphatic rings. The summed E-state index contributed by atoms with van der Waals surface area (Å²) in [6.07, 6.45) is -1.06. The minimum Gasteiger partial charge on any atom is -0.478 e. The molecule has 0 radical (unpaired) electrons. The van der Waals surface area contributed by atoms with Crippen LogP contribution in [0, 0.1) is 0 Å². The second-order valence-electron chi connectivity index (χ2n) is 4.10. The van der Waals surface area contributed by atoms with Crippen molar-refractivity contribution in [2.24, 2.45) is 0 Å². The summed E-state index contributed by atoms with van der Waals surface area (Å²) in [7, 11) is 0. The molecule has 5 nitrogen and oxygen atoms in total. The predicted octanol–water partition coefficient (Wildman–Crippen LogP) is 1.90. The molecule has 1 N–H and O–H groups in total. The fourth-order valence-corrected chi connectivity index (χ4v) is 2.06. The van der Waals surface area contributed by atoms with Gasteiger partial charge in [0.05, 0.1) is 6.42 Å². The molecule has 0 aromatic heterocycles. The number of carbonyl (C=O) groups excluding carboxylic acids is 2. The summed E-state index contributed by atoms with van der Waals surface area (Å²) >= 11 is 1.01. The largest absolute Gasteiger partial charge is 0.478 e. The van der Waals surface area contributed by atoms with E-state index >= 15 is 0 Å². The number of rotatable bonds is 7. The first-order valence-electron chi connectivity index (χ1n) is 6.08. The van der Waals surface area contributed by atoms with Crippen LogP contribution in [0.4, 0.5) is 0 Å². The molecule has 0 fully saturated rings. The van der Waals surface area contributed by atoms with Gasteiger partial charge in [-0.05, 0) is 5.56 Å². The molecule has 0 saturated carbocycles. The number of carboxylic acids is 1. The van der Waals surface area contributed by atoms with E-state index in [2.05, 4.69) is 0 Å². The third-order valence-electron chi connectivity index (χ3n) is 2.42. The molecule has 0 spiro atoms. The Morgan fingerprint density at radius 2 is 1.90 bits per heavy atom. The molecule has 0 aliphatic carbocycles. The molecule has 0 amide bonds. The topological polar surface area (TPSA) is 80.7 Å². The fraction of sp³-hybridized carbons (Fsp3) is 0.357. The number of esters is 1. The molecule has 1 atom stereocenters. The summed E-state index contributed by atoms with van der Waals surface area (Å²) in [5.41, 5.74) is 0.783. The van der Waals surface area contributed by atoms with Crippen LogP contribution in [0.3, 0.4) is 0 Å². The minimum absolute atomic E-state index is 0.0167. The SMILES string of the molecule is CC(=O)SCCC(=O)OC(Cc1ccccc1)C(=O)O. The highest BCUT2D eigenvalue weighted by molar-refractivity contribution is 8.13. The van der Waals surface area contributed by atoms with Gasteiger partial charge < -0.3 is 9.84 Å². The molecule has 1 aromatic rings. The van der Waals surface area contributed by atoms with Crippen LogP contribution in [0.1, 0.15) is 18.9 Å². The Balaban J connectivity index is 2.49. The maximum absolute atomic E-state index is 11.5. The fourth-order valence-electron chi connectivity index (χ4n) is 1.50. The van der Waals surface area contributed by atoms with Gasteiger partial charge >= 0.3 is 11.9 Å². The molecule has 1 unspecified atom stereocenters. The van der Waals surface area contributed by atoms with E-state index in [-0.39, 0.29) is 18.0 Å². The van der Waals surface area contributed by atoms with E-state index in [9.17, 15) is 14.4 Å². The van der Waals surface area contributed by atoms with Crippen molar-refractivity contribution in [3.8, 4) is 0 Å². The third kappa shape index (κ3) is 6.38. The van der Waals surface area contributed by atoms with Crippen molar-refractivity contribution in [3.05, 3.63) is 35.9 Å². The molecule has 0 saturated heterocycles. The highest BCUT2D eigenvalue weighted by Crippen LogP contribution is 2.09. The number of thioether (sulfide) groups is 1. The summed E-state index contributed by atoms with van der Waals surface area (Å²) in [6, 6.07) is 8.95. The molecular weight excluding hydrogens is 280 g/mol. The van der Waals surface area contributed by atoms with Gasteiger partial charge in [0.1, 0.15) is 0 Å². The van der Waals surface area contributed by atoms with Gasteiger partial charge in [0.15, 0.2) is 5.12 Å². The smallest absolute Gasteiger partial charge is 0.345 e. The number of carbonyl (C=O) groups is 3. The molecule has 1 rings (SSSR count). The van der Waals surface area contributed by atoms with Gasteiger partial charge in [-0.25, -0.2) is 4.79 Å². The lowest BCUT2D eigenvalue weighted by Crippen LogP contribution is -2.29. The molecule has 108 valence electrons. The van der Waals surface area contributed by atoms with E-state index in [0.29, 0.717) is 5.75 Å². The monoisotopic (exact) mass is 296 g/mol. The number of hydrogen-bond donors (Lipinski definition) is 1. The van der Waals surface area contributed by atoms with Gasteiger partial charge in [-0.3, -0.25) is 9.59 Å². The Morgan fingerprint density at radius 3 is 2.45 bits per heavy atom. The van der Waals surface area contributed by atoms with E-state index in [1.165, 1.54) is 6.92 Å². The van der Waals surface area contributed by atoms with Crippen molar-refractivity contribution >= 4 is 28.8 Å². The number of benzene rings is 1. The quantitative estimate of drug-likeness (QED) is 0.774. The second-order valence-corrected chi connectivity index (χ2v) is 5.37. The Kier molecular flexibility index (Phi) is 6.79. The van der Waals surface area contributed by atoms with Crippen molar-refractivity contribution < 1.29 is 24.2 Å². The lowest BCUT2D eigenvalue weighted by molar-refractivity contribution is -0.163. The van der Waals surface area contributed by atoms with Crippen molar-refractivity contribution in [3.63, 3.8) is 0 Å². The Morgan fingerprint density at radius 1 is 1.25 bits per heavy atom. The van der Waals surface area contributed by atoms with Crippen LogP contribution in [0.25, 0.3) is 0 Å². The standard InChI is InChI=1S/C14H16O5S/c1-10(15)20-8-7-13(16)19-12(14(17)18)9-11-5-3-2-4-6-11/h2-6,12H,7-9H2,1H3,(H,17,18). The summed E-state index contributed by atoms with van der Waals surface area (Å²) in [5, 5.41) is 8.97. The minimum atomic E-state index is -1.20. The lowest BCUT2D eigenvalue weighted by atomic mass is 10.1. The zero-order chi connectivity index (χ0) is 15.0. The molecule has 20 heavy (non-hydrogen) atoms. The van der Waals surface area contributed by atoms with Crippen molar-refractivity contribution in [2.75, 3.05) is 5.75 Å². The van der Waals surface area contributed by atoms with Gasteiger partial charge in [0.2, 0.25) is 6.10 Å². The molecule has 0 heterocycles. The Hall–Kier alpha value is -1.82. The van der Waals surface area contributed by atoms with Gasteiger partial charge in [-0.1, -0.05) is 42.1 Å². The average molecular weight is 296 g/mol.